The summed E-state index contributed by atoms with van der Waals surface area (Å²) in [6.45, 7) is 0. The molecular formula is C23H27NO5S. The maximum atomic E-state index is 13.1. The van der Waals surface area contributed by atoms with Crippen molar-refractivity contribution in [2.24, 2.45) is 0 Å². The van der Waals surface area contributed by atoms with Crippen LogP contribution in [-0.4, -0.2) is 50.8 Å². The van der Waals surface area contributed by atoms with Gasteiger partial charge in [-0.05, 0) is 55.5 Å². The molecule has 0 N–H and O–H groups in total. The third-order valence-electron chi connectivity index (χ3n) is 6.29. The maximum absolute atomic E-state index is 13.1. The van der Waals surface area contributed by atoms with E-state index in [0.717, 1.165) is 18.4 Å². The van der Waals surface area contributed by atoms with Crippen molar-refractivity contribution >= 4 is 15.7 Å². The number of carbonyl (C=O) groups is 1. The number of methoxy groups -OCH3 is 2. The highest BCUT2D eigenvalue weighted by molar-refractivity contribution is 7.92. The molecule has 0 saturated carbocycles. The Morgan fingerprint density at radius 2 is 1.60 bits per heavy atom. The first-order valence-corrected chi connectivity index (χ1v) is 11.8. The average Bonchev–Trinajstić information content (AvgIpc) is 3.03. The number of piperidine rings is 1. The van der Waals surface area contributed by atoms with E-state index >= 15 is 0 Å². The van der Waals surface area contributed by atoms with Crippen molar-refractivity contribution in [1.29, 1.82) is 0 Å². The first-order valence-electron chi connectivity index (χ1n) is 10.2. The number of hydrogen-bond donors (Lipinski definition) is 0. The zero-order valence-corrected chi connectivity index (χ0v) is 18.1. The monoisotopic (exact) mass is 429 g/mol. The molecule has 30 heavy (non-hydrogen) atoms. The predicted molar refractivity (Wildman–Crippen MR) is 114 cm³/mol. The number of sulfone groups is 1. The number of benzene rings is 2. The van der Waals surface area contributed by atoms with E-state index in [4.69, 9.17) is 9.47 Å². The lowest BCUT2D eigenvalue weighted by atomic mass is 10.0. The summed E-state index contributed by atoms with van der Waals surface area (Å²) in [5.41, 5.74) is 0.857. The number of carbonyl (C=O) groups excluding carboxylic acids is 1. The molecule has 2 aromatic rings. The Balaban J connectivity index is 1.48. The molecule has 2 bridgehead atoms. The van der Waals surface area contributed by atoms with Gasteiger partial charge in [-0.2, -0.15) is 0 Å². The largest absolute Gasteiger partial charge is 0.493 e. The summed E-state index contributed by atoms with van der Waals surface area (Å²) in [7, 11) is -0.233. The van der Waals surface area contributed by atoms with Gasteiger partial charge in [0.25, 0.3) is 0 Å². The SMILES string of the molecule is COc1ccc(CC(=O)N2C3CCC2CC(S(=O)(=O)c2ccccc2)C3)cc1OC. The molecule has 2 aliphatic rings. The second-order valence-electron chi connectivity index (χ2n) is 8.00. The molecule has 6 nitrogen and oxygen atoms in total. The van der Waals surface area contributed by atoms with Crippen LogP contribution >= 0.6 is 0 Å². The van der Waals surface area contributed by atoms with Crippen molar-refractivity contribution < 1.29 is 22.7 Å². The van der Waals surface area contributed by atoms with Gasteiger partial charge in [0.15, 0.2) is 21.3 Å². The molecule has 2 aromatic carbocycles. The second kappa shape index (κ2) is 8.30. The van der Waals surface area contributed by atoms with Crippen LogP contribution < -0.4 is 9.47 Å². The molecule has 0 radical (unpaired) electrons. The average molecular weight is 430 g/mol. The van der Waals surface area contributed by atoms with Crippen LogP contribution in [0.15, 0.2) is 53.4 Å². The second-order valence-corrected chi connectivity index (χ2v) is 10.2. The standard InChI is InChI=1S/C23H27NO5S/c1-28-21-11-8-16(12-22(21)29-2)13-23(25)24-17-9-10-18(24)15-20(14-17)30(26,27)19-6-4-3-5-7-19/h3-8,11-12,17-18,20H,9-10,13-15H2,1-2H3. The molecule has 160 valence electrons. The Labute approximate surface area is 177 Å². The van der Waals surface area contributed by atoms with Crippen LogP contribution in [0.3, 0.4) is 0 Å². The van der Waals surface area contributed by atoms with E-state index in [-0.39, 0.29) is 24.4 Å². The van der Waals surface area contributed by atoms with Gasteiger partial charge in [0.05, 0.1) is 30.8 Å². The van der Waals surface area contributed by atoms with E-state index in [1.54, 1.807) is 44.6 Å². The van der Waals surface area contributed by atoms with E-state index in [0.29, 0.717) is 29.2 Å². The fourth-order valence-corrected chi connectivity index (χ4v) is 6.72. The molecule has 2 heterocycles. The van der Waals surface area contributed by atoms with Gasteiger partial charge in [0.2, 0.25) is 5.91 Å². The fraction of sp³-hybridized carbons (Fsp3) is 0.435. The molecule has 0 aromatic heterocycles. The van der Waals surface area contributed by atoms with E-state index in [1.807, 2.05) is 23.1 Å². The molecule has 1 amide bonds. The van der Waals surface area contributed by atoms with Crippen molar-refractivity contribution in [3.8, 4) is 11.5 Å². The highest BCUT2D eigenvalue weighted by Crippen LogP contribution is 2.40. The van der Waals surface area contributed by atoms with Gasteiger partial charge in [0.1, 0.15) is 0 Å². The van der Waals surface area contributed by atoms with E-state index < -0.39 is 15.1 Å². The Morgan fingerprint density at radius 1 is 0.967 bits per heavy atom. The van der Waals surface area contributed by atoms with Crippen molar-refractivity contribution in [3.63, 3.8) is 0 Å². The molecule has 2 unspecified atom stereocenters. The van der Waals surface area contributed by atoms with E-state index in [1.165, 1.54) is 0 Å². The number of amides is 1. The van der Waals surface area contributed by atoms with Crippen molar-refractivity contribution in [2.75, 3.05) is 14.2 Å². The molecular weight excluding hydrogens is 402 g/mol. The number of ether oxygens (including phenoxy) is 2. The molecule has 7 heteroatoms. The number of nitrogens with zero attached hydrogens (tertiary/aromatic N) is 1. The van der Waals surface area contributed by atoms with Gasteiger partial charge in [0, 0.05) is 12.1 Å². The van der Waals surface area contributed by atoms with Crippen molar-refractivity contribution in [1.82, 2.24) is 4.90 Å². The number of rotatable bonds is 6. The Hall–Kier alpha value is -2.54. The van der Waals surface area contributed by atoms with Gasteiger partial charge in [-0.3, -0.25) is 4.79 Å². The third-order valence-corrected chi connectivity index (χ3v) is 8.48. The third kappa shape index (κ3) is 3.78. The summed E-state index contributed by atoms with van der Waals surface area (Å²) in [6, 6.07) is 14.1. The Kier molecular flexibility index (Phi) is 5.73. The first-order chi connectivity index (χ1) is 14.4. The normalized spacial score (nSPS) is 23.3. The molecule has 0 aliphatic carbocycles. The zero-order chi connectivity index (χ0) is 21.3. The minimum absolute atomic E-state index is 0.0140. The summed E-state index contributed by atoms with van der Waals surface area (Å²) in [4.78, 5) is 15.4. The molecule has 4 rings (SSSR count). The van der Waals surface area contributed by atoms with Crippen LogP contribution in [0.2, 0.25) is 0 Å². The highest BCUT2D eigenvalue weighted by atomic mass is 32.2. The molecule has 2 atom stereocenters. The maximum Gasteiger partial charge on any atom is 0.227 e. The van der Waals surface area contributed by atoms with Crippen LogP contribution in [0.5, 0.6) is 11.5 Å². The topological polar surface area (TPSA) is 72.9 Å². The minimum Gasteiger partial charge on any atom is -0.493 e. The summed E-state index contributed by atoms with van der Waals surface area (Å²) in [5, 5.41) is -0.428. The van der Waals surface area contributed by atoms with Crippen LogP contribution in [0.4, 0.5) is 0 Å². The van der Waals surface area contributed by atoms with E-state index in [9.17, 15) is 13.2 Å². The first kappa shape index (κ1) is 20.7. The summed E-state index contributed by atoms with van der Waals surface area (Å²) in [6.07, 6.45) is 3.01. The Bertz CT molecular complexity index is 1010. The van der Waals surface area contributed by atoms with Gasteiger partial charge in [-0.15, -0.1) is 0 Å². The van der Waals surface area contributed by atoms with Crippen molar-refractivity contribution in [3.05, 3.63) is 54.1 Å². The van der Waals surface area contributed by atoms with Crippen LogP contribution in [0.25, 0.3) is 0 Å². The van der Waals surface area contributed by atoms with Gasteiger partial charge < -0.3 is 14.4 Å². The predicted octanol–water partition coefficient (Wildman–Crippen LogP) is 3.24. The van der Waals surface area contributed by atoms with Gasteiger partial charge in [-0.25, -0.2) is 8.42 Å². The smallest absolute Gasteiger partial charge is 0.227 e. The number of fused-ring (bicyclic) bond motifs is 2. The van der Waals surface area contributed by atoms with Gasteiger partial charge in [-0.1, -0.05) is 24.3 Å². The summed E-state index contributed by atoms with van der Waals surface area (Å²) in [5.74, 6) is 1.27. The minimum atomic E-state index is -3.38. The highest BCUT2D eigenvalue weighted by Gasteiger charge is 2.46. The zero-order valence-electron chi connectivity index (χ0n) is 17.3. The lowest BCUT2D eigenvalue weighted by Crippen LogP contribution is -2.50. The molecule has 0 spiro atoms. The molecule has 2 fully saturated rings. The summed E-state index contributed by atoms with van der Waals surface area (Å²) < 4.78 is 36.7. The van der Waals surface area contributed by atoms with Crippen LogP contribution in [0, 0.1) is 0 Å². The van der Waals surface area contributed by atoms with E-state index in [2.05, 4.69) is 0 Å². The Morgan fingerprint density at radius 3 is 2.20 bits per heavy atom. The number of hydrogen-bond acceptors (Lipinski definition) is 5. The van der Waals surface area contributed by atoms with Gasteiger partial charge >= 0.3 is 0 Å². The van der Waals surface area contributed by atoms with Crippen LogP contribution in [0.1, 0.15) is 31.2 Å². The fourth-order valence-electron chi connectivity index (χ4n) is 4.85. The lowest BCUT2D eigenvalue weighted by molar-refractivity contribution is -0.134. The van der Waals surface area contributed by atoms with Crippen molar-refractivity contribution in [2.45, 2.75) is 54.3 Å². The lowest BCUT2D eigenvalue weighted by Gasteiger charge is -2.38. The summed E-state index contributed by atoms with van der Waals surface area (Å²) >= 11 is 0. The van der Waals surface area contributed by atoms with Crippen LogP contribution in [-0.2, 0) is 21.1 Å². The molecule has 2 aliphatic heterocycles. The quantitative estimate of drug-likeness (QED) is 0.705. The molecule has 2 saturated heterocycles.